The van der Waals surface area contributed by atoms with Gasteiger partial charge in [-0.15, -0.1) is 0 Å². The normalized spacial score (nSPS) is 12.6. The summed E-state index contributed by atoms with van der Waals surface area (Å²) in [5.74, 6) is 0.236. The molecule has 4 aromatic rings. The lowest BCUT2D eigenvalue weighted by molar-refractivity contribution is -0.136. The molecule has 6 heteroatoms. The largest absolute Gasteiger partial charge is 0.489 e. The quantitative estimate of drug-likeness (QED) is 0.485. The number of aliphatic carboxylic acids is 1. The number of nitrogens with zero attached hydrogens (tertiary/aromatic N) is 1. The summed E-state index contributed by atoms with van der Waals surface area (Å²) < 4.78 is 11.8. The van der Waals surface area contributed by atoms with Crippen molar-refractivity contribution >= 4 is 22.8 Å². The van der Waals surface area contributed by atoms with Crippen molar-refractivity contribution in [3.8, 4) is 16.9 Å². The highest BCUT2D eigenvalue weighted by Gasteiger charge is 2.20. The van der Waals surface area contributed by atoms with E-state index in [4.69, 9.17) is 20.0 Å². The second-order valence-corrected chi connectivity index (χ2v) is 7.48. The molecular formula is C25H20N2O4. The molecule has 2 heterocycles. The number of aliphatic imine (C=N–C) groups is 1. The van der Waals surface area contributed by atoms with Crippen LogP contribution in [0.3, 0.4) is 0 Å². The number of para-hydroxylation sites is 1. The first-order valence-corrected chi connectivity index (χ1v) is 9.95. The summed E-state index contributed by atoms with van der Waals surface area (Å²) in [6, 6.07) is 19.2. The summed E-state index contributed by atoms with van der Waals surface area (Å²) in [5.41, 5.74) is 12.5. The molecule has 0 atom stereocenters. The first kappa shape index (κ1) is 18.9. The van der Waals surface area contributed by atoms with E-state index in [-0.39, 0.29) is 6.42 Å². The van der Waals surface area contributed by atoms with Crippen LogP contribution in [0.5, 0.6) is 5.75 Å². The minimum atomic E-state index is -0.891. The minimum Gasteiger partial charge on any atom is -0.489 e. The molecular weight excluding hydrogens is 392 g/mol. The summed E-state index contributed by atoms with van der Waals surface area (Å²) in [5, 5.41) is 10.1. The Labute approximate surface area is 178 Å². The highest BCUT2D eigenvalue weighted by atomic mass is 16.5. The van der Waals surface area contributed by atoms with E-state index >= 15 is 0 Å². The molecule has 0 unspecified atom stereocenters. The third kappa shape index (κ3) is 3.53. The summed E-state index contributed by atoms with van der Waals surface area (Å²) in [6.45, 7) is 0.848. The van der Waals surface area contributed by atoms with Gasteiger partial charge in [0.15, 0.2) is 0 Å². The van der Waals surface area contributed by atoms with Gasteiger partial charge in [0.05, 0.1) is 19.2 Å². The zero-order valence-corrected chi connectivity index (χ0v) is 16.7. The van der Waals surface area contributed by atoms with Crippen LogP contribution in [0.1, 0.15) is 22.3 Å². The molecule has 0 spiro atoms. The fraction of sp³-hybridized carbons (Fsp3) is 0.120. The Hall–Kier alpha value is -4.06. The SMILES string of the molecule is NC1=NCc2c1cccc2-c1cc(COc2ccccc2CC(=O)O)cc2ccoc12. The van der Waals surface area contributed by atoms with Gasteiger partial charge >= 0.3 is 5.97 Å². The molecule has 0 fully saturated rings. The second kappa shape index (κ2) is 7.65. The molecule has 0 radical (unpaired) electrons. The number of nitrogens with two attached hydrogens (primary N) is 1. The van der Waals surface area contributed by atoms with Crippen molar-refractivity contribution in [3.63, 3.8) is 0 Å². The van der Waals surface area contributed by atoms with E-state index in [0.717, 1.165) is 38.8 Å². The molecule has 1 aliphatic heterocycles. The smallest absolute Gasteiger partial charge is 0.307 e. The lowest BCUT2D eigenvalue weighted by Gasteiger charge is -2.13. The highest BCUT2D eigenvalue weighted by molar-refractivity contribution is 6.04. The van der Waals surface area contributed by atoms with E-state index in [2.05, 4.69) is 17.1 Å². The van der Waals surface area contributed by atoms with Crippen LogP contribution in [-0.2, 0) is 24.4 Å². The number of ether oxygens (including phenoxy) is 1. The van der Waals surface area contributed by atoms with Crippen molar-refractivity contribution in [3.05, 3.63) is 89.2 Å². The van der Waals surface area contributed by atoms with Crippen LogP contribution in [0.2, 0.25) is 0 Å². The first-order chi connectivity index (χ1) is 15.1. The average Bonchev–Trinajstić information content (AvgIpc) is 3.39. The number of hydrogen-bond acceptors (Lipinski definition) is 5. The molecule has 154 valence electrons. The fourth-order valence-corrected chi connectivity index (χ4v) is 4.04. The van der Waals surface area contributed by atoms with E-state index in [1.54, 1.807) is 18.4 Å². The maximum absolute atomic E-state index is 11.1. The number of carboxylic acids is 1. The van der Waals surface area contributed by atoms with E-state index in [0.29, 0.717) is 30.3 Å². The third-order valence-electron chi connectivity index (χ3n) is 5.47. The number of carboxylic acid groups (broad SMARTS) is 1. The van der Waals surface area contributed by atoms with Crippen molar-refractivity contribution in [2.75, 3.05) is 0 Å². The lowest BCUT2D eigenvalue weighted by Crippen LogP contribution is -2.10. The number of amidine groups is 1. The van der Waals surface area contributed by atoms with E-state index in [1.807, 2.05) is 36.4 Å². The van der Waals surface area contributed by atoms with Gasteiger partial charge in [0.1, 0.15) is 23.8 Å². The topological polar surface area (TPSA) is 98.1 Å². The van der Waals surface area contributed by atoms with Gasteiger partial charge in [0.2, 0.25) is 0 Å². The molecule has 6 nitrogen and oxygen atoms in total. The van der Waals surface area contributed by atoms with E-state index < -0.39 is 5.97 Å². The standard InChI is InChI=1S/C25H20N2O4/c26-25-19-6-3-5-18(21(19)13-27-25)20-11-15(10-17-8-9-30-24(17)20)14-31-22-7-2-1-4-16(22)12-23(28)29/h1-11H,12-14H2,(H2,26,27)(H,28,29). The van der Waals surface area contributed by atoms with Crippen LogP contribution in [0.15, 0.2) is 76.3 Å². The molecule has 0 saturated heterocycles. The van der Waals surface area contributed by atoms with Gasteiger partial charge in [-0.2, -0.15) is 0 Å². The van der Waals surface area contributed by atoms with Crippen LogP contribution in [-0.4, -0.2) is 16.9 Å². The Bertz CT molecular complexity index is 1340. The third-order valence-corrected chi connectivity index (χ3v) is 5.47. The molecule has 3 aromatic carbocycles. The number of hydrogen-bond donors (Lipinski definition) is 2. The fourth-order valence-electron chi connectivity index (χ4n) is 4.04. The summed E-state index contributed by atoms with van der Waals surface area (Å²) in [7, 11) is 0. The van der Waals surface area contributed by atoms with Crippen LogP contribution in [0.25, 0.3) is 22.1 Å². The summed E-state index contributed by atoms with van der Waals surface area (Å²) in [4.78, 5) is 15.5. The Morgan fingerprint density at radius 1 is 1.06 bits per heavy atom. The maximum Gasteiger partial charge on any atom is 0.307 e. The summed E-state index contributed by atoms with van der Waals surface area (Å²) in [6.07, 6.45) is 1.59. The lowest BCUT2D eigenvalue weighted by atomic mass is 9.94. The van der Waals surface area contributed by atoms with Crippen molar-refractivity contribution in [1.29, 1.82) is 0 Å². The number of benzene rings is 3. The van der Waals surface area contributed by atoms with E-state index in [9.17, 15) is 4.79 Å². The highest BCUT2D eigenvalue weighted by Crippen LogP contribution is 2.36. The van der Waals surface area contributed by atoms with Crippen LogP contribution in [0.4, 0.5) is 0 Å². The maximum atomic E-state index is 11.1. The molecule has 5 rings (SSSR count). The van der Waals surface area contributed by atoms with Gasteiger partial charge in [-0.25, -0.2) is 0 Å². The van der Waals surface area contributed by atoms with Gasteiger partial charge in [-0.05, 0) is 41.0 Å². The molecule has 0 bridgehead atoms. The Morgan fingerprint density at radius 2 is 1.90 bits per heavy atom. The monoisotopic (exact) mass is 412 g/mol. The average molecular weight is 412 g/mol. The molecule has 1 aliphatic rings. The molecule has 0 saturated carbocycles. The van der Waals surface area contributed by atoms with Crippen LogP contribution >= 0.6 is 0 Å². The van der Waals surface area contributed by atoms with Gasteiger partial charge in [-0.1, -0.05) is 36.4 Å². The van der Waals surface area contributed by atoms with E-state index in [1.165, 1.54) is 0 Å². The van der Waals surface area contributed by atoms with Crippen LogP contribution in [0, 0.1) is 0 Å². The Morgan fingerprint density at radius 3 is 2.77 bits per heavy atom. The zero-order valence-electron chi connectivity index (χ0n) is 16.7. The van der Waals surface area contributed by atoms with Crippen molar-refractivity contribution in [2.24, 2.45) is 10.7 Å². The van der Waals surface area contributed by atoms with Gasteiger partial charge in [-0.3, -0.25) is 9.79 Å². The molecule has 3 N–H and O–H groups in total. The second-order valence-electron chi connectivity index (χ2n) is 7.48. The van der Waals surface area contributed by atoms with Crippen LogP contribution < -0.4 is 10.5 Å². The van der Waals surface area contributed by atoms with Gasteiger partial charge < -0.3 is 20.0 Å². The number of fused-ring (bicyclic) bond motifs is 2. The molecule has 31 heavy (non-hydrogen) atoms. The Balaban J connectivity index is 1.51. The van der Waals surface area contributed by atoms with Gasteiger partial charge in [0.25, 0.3) is 0 Å². The molecule has 0 amide bonds. The molecule has 1 aromatic heterocycles. The summed E-state index contributed by atoms with van der Waals surface area (Å²) >= 11 is 0. The van der Waals surface area contributed by atoms with Crippen molar-refractivity contribution in [2.45, 2.75) is 19.6 Å². The predicted octanol–water partition coefficient (Wildman–Crippen LogP) is 4.52. The molecule has 0 aliphatic carbocycles. The zero-order chi connectivity index (χ0) is 21.4. The number of rotatable bonds is 6. The number of furan rings is 1. The van der Waals surface area contributed by atoms with Crippen molar-refractivity contribution < 1.29 is 19.1 Å². The number of carbonyl (C=O) groups is 1. The van der Waals surface area contributed by atoms with Crippen molar-refractivity contribution in [1.82, 2.24) is 0 Å². The Kier molecular flexibility index (Phi) is 4.67. The minimum absolute atomic E-state index is 0.0836. The van der Waals surface area contributed by atoms with Gasteiger partial charge in [0, 0.05) is 22.1 Å². The first-order valence-electron chi connectivity index (χ1n) is 9.95. The predicted molar refractivity (Wildman–Crippen MR) is 118 cm³/mol.